The topological polar surface area (TPSA) is 58.6 Å². The maximum absolute atomic E-state index is 12.5. The Hall–Kier alpha value is -1.75. The van der Waals surface area contributed by atoms with Crippen molar-refractivity contribution < 1.29 is 14.3 Å². The van der Waals surface area contributed by atoms with E-state index in [1.54, 1.807) is 18.2 Å². The molecule has 1 aromatic rings. The van der Waals surface area contributed by atoms with Gasteiger partial charge in [-0.1, -0.05) is 38.3 Å². The van der Waals surface area contributed by atoms with E-state index in [0.29, 0.717) is 28.3 Å². The summed E-state index contributed by atoms with van der Waals surface area (Å²) in [5.74, 6) is 1.26. The average molecular weight is 351 g/mol. The van der Waals surface area contributed by atoms with Crippen LogP contribution in [0.15, 0.2) is 18.2 Å². The molecule has 24 heavy (non-hydrogen) atoms. The van der Waals surface area contributed by atoms with E-state index in [4.69, 9.17) is 16.3 Å². The van der Waals surface area contributed by atoms with Crippen LogP contribution in [0.1, 0.15) is 33.1 Å². The molecule has 0 saturated heterocycles. The summed E-state index contributed by atoms with van der Waals surface area (Å²) in [5, 5.41) is 3.61. The number of benzene rings is 1. The van der Waals surface area contributed by atoms with Crippen LogP contribution in [0, 0.1) is 11.8 Å². The van der Waals surface area contributed by atoms with Crippen LogP contribution in [0.3, 0.4) is 0 Å². The van der Waals surface area contributed by atoms with Crippen molar-refractivity contribution in [2.24, 2.45) is 11.8 Å². The zero-order chi connectivity index (χ0) is 17.3. The molecule has 1 fully saturated rings. The predicted molar refractivity (Wildman–Crippen MR) is 93.4 cm³/mol. The lowest BCUT2D eigenvalue weighted by atomic mass is 9.78. The molecule has 1 aliphatic carbocycles. The van der Waals surface area contributed by atoms with Crippen molar-refractivity contribution in [2.75, 3.05) is 18.1 Å². The van der Waals surface area contributed by atoms with E-state index in [1.807, 2.05) is 0 Å². The summed E-state index contributed by atoms with van der Waals surface area (Å²) in [6, 6.07) is 5.27. The van der Waals surface area contributed by atoms with Gasteiger partial charge in [0.2, 0.25) is 5.91 Å². The van der Waals surface area contributed by atoms with Gasteiger partial charge in [0.05, 0.1) is 5.69 Å². The molecule has 3 atom stereocenters. The first-order valence-electron chi connectivity index (χ1n) is 8.48. The summed E-state index contributed by atoms with van der Waals surface area (Å²) in [6.07, 6.45) is 3.34. The second-order valence-corrected chi connectivity index (χ2v) is 7.26. The second kappa shape index (κ2) is 7.01. The lowest BCUT2D eigenvalue weighted by molar-refractivity contribution is -0.126. The van der Waals surface area contributed by atoms with Gasteiger partial charge in [-0.05, 0) is 36.5 Å². The third-order valence-electron chi connectivity index (χ3n) is 5.22. The van der Waals surface area contributed by atoms with Gasteiger partial charge in [-0.2, -0.15) is 0 Å². The molecule has 1 N–H and O–H groups in total. The molecule has 3 rings (SSSR count). The van der Waals surface area contributed by atoms with Gasteiger partial charge in [-0.25, -0.2) is 0 Å². The standard InChI is InChI=1S/C18H23ClN2O3/c1-11-4-3-5-14(12(11)2)20-17(22)9-21-15-8-13(19)6-7-16(15)24-10-18(21)23/h6-8,11-12,14H,3-5,9-10H2,1-2H3,(H,20,22). The zero-order valence-electron chi connectivity index (χ0n) is 14.0. The fourth-order valence-electron chi connectivity index (χ4n) is 3.53. The van der Waals surface area contributed by atoms with Crippen molar-refractivity contribution in [3.05, 3.63) is 23.2 Å². The van der Waals surface area contributed by atoms with Gasteiger partial charge in [-0.3, -0.25) is 14.5 Å². The second-order valence-electron chi connectivity index (χ2n) is 6.82. The highest BCUT2D eigenvalue weighted by Gasteiger charge is 2.31. The largest absolute Gasteiger partial charge is 0.482 e. The van der Waals surface area contributed by atoms with E-state index >= 15 is 0 Å². The quantitative estimate of drug-likeness (QED) is 0.911. The lowest BCUT2D eigenvalue weighted by Crippen LogP contribution is -2.50. The predicted octanol–water partition coefficient (Wildman–Crippen LogP) is 3.01. The average Bonchev–Trinajstić information content (AvgIpc) is 2.55. The van der Waals surface area contributed by atoms with Crippen molar-refractivity contribution in [3.8, 4) is 5.75 Å². The normalized spacial score (nSPS) is 26.5. The highest BCUT2D eigenvalue weighted by atomic mass is 35.5. The Kier molecular flexibility index (Phi) is 4.99. The van der Waals surface area contributed by atoms with Gasteiger partial charge < -0.3 is 10.1 Å². The van der Waals surface area contributed by atoms with Crippen LogP contribution in [0.4, 0.5) is 5.69 Å². The third-order valence-corrected chi connectivity index (χ3v) is 5.45. The maximum atomic E-state index is 12.5. The number of rotatable bonds is 3. The van der Waals surface area contributed by atoms with Gasteiger partial charge in [0.25, 0.3) is 5.91 Å². The van der Waals surface area contributed by atoms with Gasteiger partial charge in [-0.15, -0.1) is 0 Å². The Labute approximate surface area is 147 Å². The molecular formula is C18H23ClN2O3. The highest BCUT2D eigenvalue weighted by molar-refractivity contribution is 6.31. The van der Waals surface area contributed by atoms with E-state index < -0.39 is 0 Å². The molecule has 6 heteroatoms. The first-order chi connectivity index (χ1) is 11.5. The summed E-state index contributed by atoms with van der Waals surface area (Å²) < 4.78 is 5.40. The molecule has 1 aromatic carbocycles. The minimum atomic E-state index is -0.232. The van der Waals surface area contributed by atoms with E-state index in [-0.39, 0.29) is 31.0 Å². The first-order valence-corrected chi connectivity index (χ1v) is 8.85. The Morgan fingerprint density at radius 3 is 2.96 bits per heavy atom. The number of nitrogens with zero attached hydrogens (tertiary/aromatic N) is 1. The number of fused-ring (bicyclic) bond motifs is 1. The van der Waals surface area contributed by atoms with Crippen molar-refractivity contribution in [3.63, 3.8) is 0 Å². The van der Waals surface area contributed by atoms with Crippen LogP contribution < -0.4 is 15.0 Å². The van der Waals surface area contributed by atoms with Crippen molar-refractivity contribution in [1.82, 2.24) is 5.32 Å². The first kappa shape index (κ1) is 17.1. The van der Waals surface area contributed by atoms with E-state index in [2.05, 4.69) is 19.2 Å². The van der Waals surface area contributed by atoms with Crippen LogP contribution >= 0.6 is 11.6 Å². The molecule has 2 amide bonds. The Bertz CT molecular complexity index is 649. The Morgan fingerprint density at radius 1 is 1.38 bits per heavy atom. The maximum Gasteiger partial charge on any atom is 0.265 e. The number of hydrogen-bond acceptors (Lipinski definition) is 3. The molecule has 0 radical (unpaired) electrons. The minimum absolute atomic E-state index is 0.00681. The molecule has 1 saturated carbocycles. The van der Waals surface area contributed by atoms with Crippen LogP contribution in [0.2, 0.25) is 5.02 Å². The van der Waals surface area contributed by atoms with Gasteiger partial charge >= 0.3 is 0 Å². The molecule has 1 heterocycles. The summed E-state index contributed by atoms with van der Waals surface area (Å²) in [4.78, 5) is 26.1. The van der Waals surface area contributed by atoms with Crippen molar-refractivity contribution in [2.45, 2.75) is 39.2 Å². The Balaban J connectivity index is 1.70. The summed E-state index contributed by atoms with van der Waals surface area (Å²) >= 11 is 6.02. The van der Waals surface area contributed by atoms with E-state index in [1.165, 1.54) is 11.3 Å². The summed E-state index contributed by atoms with van der Waals surface area (Å²) in [6.45, 7) is 4.35. The Morgan fingerprint density at radius 2 is 2.17 bits per heavy atom. The molecule has 130 valence electrons. The fraction of sp³-hybridized carbons (Fsp3) is 0.556. The fourth-order valence-corrected chi connectivity index (χ4v) is 3.70. The number of hydrogen-bond donors (Lipinski definition) is 1. The number of anilines is 1. The number of halogens is 1. The number of carbonyl (C=O) groups is 2. The van der Waals surface area contributed by atoms with Crippen LogP contribution in [0.5, 0.6) is 5.75 Å². The van der Waals surface area contributed by atoms with E-state index in [9.17, 15) is 9.59 Å². The number of carbonyl (C=O) groups excluding carboxylic acids is 2. The molecule has 0 spiro atoms. The van der Waals surface area contributed by atoms with Crippen LogP contribution in [0.25, 0.3) is 0 Å². The molecule has 5 nitrogen and oxygen atoms in total. The monoisotopic (exact) mass is 350 g/mol. The van der Waals surface area contributed by atoms with Gasteiger partial charge in [0.15, 0.2) is 6.61 Å². The molecule has 3 unspecified atom stereocenters. The van der Waals surface area contributed by atoms with Crippen molar-refractivity contribution in [1.29, 1.82) is 0 Å². The van der Waals surface area contributed by atoms with Crippen LogP contribution in [-0.2, 0) is 9.59 Å². The minimum Gasteiger partial charge on any atom is -0.482 e. The zero-order valence-corrected chi connectivity index (χ0v) is 14.8. The van der Waals surface area contributed by atoms with E-state index in [0.717, 1.165) is 12.8 Å². The molecule has 2 aliphatic rings. The summed E-state index contributed by atoms with van der Waals surface area (Å²) in [7, 11) is 0. The summed E-state index contributed by atoms with van der Waals surface area (Å²) in [5.41, 5.74) is 0.555. The number of nitrogens with one attached hydrogen (secondary N) is 1. The molecule has 0 aromatic heterocycles. The van der Waals surface area contributed by atoms with Gasteiger partial charge in [0.1, 0.15) is 12.3 Å². The van der Waals surface area contributed by atoms with Crippen molar-refractivity contribution >= 4 is 29.1 Å². The SMILES string of the molecule is CC1CCCC(NC(=O)CN2C(=O)COc3ccc(Cl)cc32)C1C. The van der Waals surface area contributed by atoms with Gasteiger partial charge in [0, 0.05) is 11.1 Å². The smallest absolute Gasteiger partial charge is 0.265 e. The molecule has 1 aliphatic heterocycles. The number of ether oxygens (including phenoxy) is 1. The molecular weight excluding hydrogens is 328 g/mol. The van der Waals surface area contributed by atoms with Crippen LogP contribution in [-0.4, -0.2) is 31.0 Å². The number of amides is 2. The molecule has 0 bridgehead atoms. The highest BCUT2D eigenvalue weighted by Crippen LogP contribution is 2.34. The lowest BCUT2D eigenvalue weighted by Gasteiger charge is -2.35. The third kappa shape index (κ3) is 3.51.